The van der Waals surface area contributed by atoms with Crippen LogP contribution in [0.15, 0.2) is 27.1 Å². The van der Waals surface area contributed by atoms with E-state index in [1.807, 2.05) is 18.2 Å². The van der Waals surface area contributed by atoms with Crippen LogP contribution in [0.5, 0.6) is 0 Å². The molecule has 1 atom stereocenters. The van der Waals surface area contributed by atoms with Crippen molar-refractivity contribution in [1.29, 1.82) is 0 Å². The molecule has 1 saturated carbocycles. The van der Waals surface area contributed by atoms with Crippen LogP contribution in [0.3, 0.4) is 0 Å². The van der Waals surface area contributed by atoms with Gasteiger partial charge in [0.05, 0.1) is 12.6 Å². The molecule has 82 valence electrons. The van der Waals surface area contributed by atoms with E-state index < -0.39 is 0 Å². The minimum atomic E-state index is 0.0573. The molecule has 0 amide bonds. The second-order valence-corrected chi connectivity index (χ2v) is 5.56. The quantitative estimate of drug-likeness (QED) is 0.887. The zero-order valence-corrected chi connectivity index (χ0v) is 11.4. The molecule has 1 unspecified atom stereocenters. The highest BCUT2D eigenvalue weighted by Gasteiger charge is 2.25. The van der Waals surface area contributed by atoms with Gasteiger partial charge in [-0.1, -0.05) is 6.07 Å². The summed E-state index contributed by atoms with van der Waals surface area (Å²) in [4.78, 5) is 0. The molecular formula is C11H13Br2NO. The molecule has 0 radical (unpaired) electrons. The van der Waals surface area contributed by atoms with Gasteiger partial charge in [0, 0.05) is 15.0 Å². The topological polar surface area (TPSA) is 32.3 Å². The fourth-order valence-electron chi connectivity index (χ4n) is 1.52. The van der Waals surface area contributed by atoms with Crippen molar-refractivity contribution < 1.29 is 5.11 Å². The highest BCUT2D eigenvalue weighted by atomic mass is 79.9. The molecule has 1 aromatic rings. The molecule has 2 rings (SSSR count). The molecule has 0 saturated heterocycles. The lowest BCUT2D eigenvalue weighted by Gasteiger charge is -2.16. The third kappa shape index (κ3) is 3.03. The lowest BCUT2D eigenvalue weighted by molar-refractivity contribution is 0.243. The zero-order chi connectivity index (χ0) is 10.8. The normalized spacial score (nSPS) is 17.8. The predicted molar refractivity (Wildman–Crippen MR) is 67.8 cm³/mol. The van der Waals surface area contributed by atoms with E-state index in [1.54, 1.807) is 0 Å². The number of aliphatic hydroxyl groups is 1. The van der Waals surface area contributed by atoms with Crippen LogP contribution in [0.4, 0.5) is 0 Å². The highest BCUT2D eigenvalue weighted by molar-refractivity contribution is 9.13. The second-order valence-electron chi connectivity index (χ2n) is 3.85. The maximum Gasteiger partial charge on any atom is 0.0626 e. The SMILES string of the molecule is OCC(NC1CC1)c1ccc(Br)c(Br)c1. The number of nitrogens with one attached hydrogen (secondary N) is 1. The summed E-state index contributed by atoms with van der Waals surface area (Å²) in [5, 5.41) is 12.7. The molecule has 0 spiro atoms. The standard InChI is InChI=1S/C11H13Br2NO/c12-9-4-1-7(5-10(9)13)11(6-15)14-8-2-3-8/h1,4-5,8,11,14-15H,2-3,6H2. The first-order chi connectivity index (χ1) is 7.20. The van der Waals surface area contributed by atoms with E-state index in [-0.39, 0.29) is 12.6 Å². The molecule has 1 aromatic carbocycles. The van der Waals surface area contributed by atoms with Gasteiger partial charge in [0.1, 0.15) is 0 Å². The first-order valence-electron chi connectivity index (χ1n) is 5.02. The summed E-state index contributed by atoms with van der Waals surface area (Å²) in [5.74, 6) is 0. The number of halogens is 2. The predicted octanol–water partition coefficient (Wildman–Crippen LogP) is 3.00. The number of benzene rings is 1. The molecule has 0 aromatic heterocycles. The van der Waals surface area contributed by atoms with Crippen LogP contribution < -0.4 is 5.32 Å². The first kappa shape index (κ1) is 11.6. The largest absolute Gasteiger partial charge is 0.394 e. The molecule has 15 heavy (non-hydrogen) atoms. The van der Waals surface area contributed by atoms with E-state index in [9.17, 15) is 5.11 Å². The van der Waals surface area contributed by atoms with Gasteiger partial charge in [-0.05, 0) is 62.4 Å². The van der Waals surface area contributed by atoms with E-state index in [0.717, 1.165) is 14.5 Å². The summed E-state index contributed by atoms with van der Waals surface area (Å²) >= 11 is 6.90. The summed E-state index contributed by atoms with van der Waals surface area (Å²) in [7, 11) is 0. The highest BCUT2D eigenvalue weighted by Crippen LogP contribution is 2.28. The summed E-state index contributed by atoms with van der Waals surface area (Å²) in [6.07, 6.45) is 2.46. The maximum atomic E-state index is 9.33. The third-order valence-corrected chi connectivity index (χ3v) is 4.42. The lowest BCUT2D eigenvalue weighted by Crippen LogP contribution is -2.26. The van der Waals surface area contributed by atoms with Gasteiger partial charge < -0.3 is 10.4 Å². The number of rotatable bonds is 4. The van der Waals surface area contributed by atoms with E-state index in [0.29, 0.717) is 6.04 Å². The fraction of sp³-hybridized carbons (Fsp3) is 0.455. The van der Waals surface area contributed by atoms with Crippen molar-refractivity contribution in [3.63, 3.8) is 0 Å². The van der Waals surface area contributed by atoms with Crippen LogP contribution >= 0.6 is 31.9 Å². The number of hydrogen-bond donors (Lipinski definition) is 2. The van der Waals surface area contributed by atoms with Gasteiger partial charge in [0.25, 0.3) is 0 Å². The Morgan fingerprint density at radius 1 is 1.33 bits per heavy atom. The molecular weight excluding hydrogens is 322 g/mol. The van der Waals surface area contributed by atoms with Crippen molar-refractivity contribution in [1.82, 2.24) is 5.32 Å². The Kier molecular flexibility index (Phi) is 3.83. The molecule has 1 aliphatic carbocycles. The van der Waals surface area contributed by atoms with Gasteiger partial charge >= 0.3 is 0 Å². The Labute approximate surface area is 106 Å². The van der Waals surface area contributed by atoms with E-state index >= 15 is 0 Å². The number of aliphatic hydroxyl groups excluding tert-OH is 1. The summed E-state index contributed by atoms with van der Waals surface area (Å²) in [6.45, 7) is 0.143. The van der Waals surface area contributed by atoms with Gasteiger partial charge in [0.2, 0.25) is 0 Å². The van der Waals surface area contributed by atoms with Crippen molar-refractivity contribution >= 4 is 31.9 Å². The fourth-order valence-corrected chi connectivity index (χ4v) is 2.16. The molecule has 0 heterocycles. The van der Waals surface area contributed by atoms with Crippen LogP contribution in [-0.2, 0) is 0 Å². The van der Waals surface area contributed by atoms with Crippen LogP contribution in [-0.4, -0.2) is 17.8 Å². The molecule has 0 aliphatic heterocycles. The van der Waals surface area contributed by atoms with Crippen molar-refractivity contribution in [2.75, 3.05) is 6.61 Å². The van der Waals surface area contributed by atoms with Crippen LogP contribution in [0, 0.1) is 0 Å². The molecule has 2 N–H and O–H groups in total. The Bertz CT molecular complexity index is 352. The van der Waals surface area contributed by atoms with E-state index in [4.69, 9.17) is 0 Å². The Morgan fingerprint density at radius 3 is 2.60 bits per heavy atom. The zero-order valence-electron chi connectivity index (χ0n) is 8.21. The minimum absolute atomic E-state index is 0.0573. The minimum Gasteiger partial charge on any atom is -0.394 e. The van der Waals surface area contributed by atoms with Gasteiger partial charge in [-0.25, -0.2) is 0 Å². The Balaban J connectivity index is 2.13. The number of hydrogen-bond acceptors (Lipinski definition) is 2. The molecule has 1 fully saturated rings. The second kappa shape index (κ2) is 4.95. The maximum absolute atomic E-state index is 9.33. The lowest BCUT2D eigenvalue weighted by atomic mass is 10.1. The molecule has 0 bridgehead atoms. The molecule has 4 heteroatoms. The van der Waals surface area contributed by atoms with Crippen molar-refractivity contribution in [2.45, 2.75) is 24.9 Å². The summed E-state index contributed by atoms with van der Waals surface area (Å²) in [6, 6.07) is 6.73. The van der Waals surface area contributed by atoms with E-state index in [2.05, 4.69) is 37.2 Å². The van der Waals surface area contributed by atoms with Crippen molar-refractivity contribution in [3.8, 4) is 0 Å². The summed E-state index contributed by atoms with van der Waals surface area (Å²) in [5.41, 5.74) is 1.12. The smallest absolute Gasteiger partial charge is 0.0626 e. The van der Waals surface area contributed by atoms with Crippen molar-refractivity contribution in [2.24, 2.45) is 0 Å². The van der Waals surface area contributed by atoms with Gasteiger partial charge in [-0.3, -0.25) is 0 Å². The van der Waals surface area contributed by atoms with Crippen molar-refractivity contribution in [3.05, 3.63) is 32.7 Å². The Morgan fingerprint density at radius 2 is 2.07 bits per heavy atom. The molecule has 2 nitrogen and oxygen atoms in total. The van der Waals surface area contributed by atoms with Crippen LogP contribution in [0.1, 0.15) is 24.4 Å². The van der Waals surface area contributed by atoms with Gasteiger partial charge in [-0.2, -0.15) is 0 Å². The van der Waals surface area contributed by atoms with Gasteiger partial charge in [-0.15, -0.1) is 0 Å². The Hall–Kier alpha value is 0.1000. The average molecular weight is 335 g/mol. The van der Waals surface area contributed by atoms with Crippen LogP contribution in [0.2, 0.25) is 0 Å². The monoisotopic (exact) mass is 333 g/mol. The average Bonchev–Trinajstić information content (AvgIpc) is 3.02. The third-order valence-electron chi connectivity index (χ3n) is 2.54. The van der Waals surface area contributed by atoms with Gasteiger partial charge in [0.15, 0.2) is 0 Å². The first-order valence-corrected chi connectivity index (χ1v) is 6.61. The molecule has 1 aliphatic rings. The summed E-state index contributed by atoms with van der Waals surface area (Å²) < 4.78 is 2.06. The van der Waals surface area contributed by atoms with Crippen LogP contribution in [0.25, 0.3) is 0 Å². The van der Waals surface area contributed by atoms with E-state index in [1.165, 1.54) is 12.8 Å².